The first-order chi connectivity index (χ1) is 13.5. The fourth-order valence-corrected chi connectivity index (χ4v) is 3.93. The fraction of sp³-hybridized carbons (Fsp3) is 0.500. The maximum Gasteiger partial charge on any atom is 0.350 e. The van der Waals surface area contributed by atoms with E-state index in [9.17, 15) is 13.2 Å². The fourth-order valence-electron chi connectivity index (χ4n) is 2.62. The molecule has 0 radical (unpaired) electrons. The van der Waals surface area contributed by atoms with Crippen molar-refractivity contribution in [3.63, 3.8) is 0 Å². The van der Waals surface area contributed by atoms with Gasteiger partial charge in [0.25, 0.3) is 0 Å². The third-order valence-electron chi connectivity index (χ3n) is 4.38. The second-order valence-corrected chi connectivity index (χ2v) is 8.38. The van der Waals surface area contributed by atoms with Crippen LogP contribution in [0.1, 0.15) is 52.9 Å². The number of carbonyl (C=O) groups excluding carboxylic acids is 1. The minimum atomic E-state index is -3.95. The molecule has 156 valence electrons. The highest BCUT2D eigenvalue weighted by atomic mass is 32.2. The SMILES string of the molecule is CCCCCCCOC(=O)/C(=C\C=C\N(CC)CC)S(=O)(=O)c1ccccc1. The van der Waals surface area contributed by atoms with Crippen molar-refractivity contribution in [2.24, 2.45) is 0 Å². The molecule has 0 aliphatic carbocycles. The molecule has 0 bridgehead atoms. The topological polar surface area (TPSA) is 63.7 Å². The Hall–Kier alpha value is -2.08. The molecule has 0 aliphatic heterocycles. The van der Waals surface area contributed by atoms with Gasteiger partial charge in [-0.3, -0.25) is 0 Å². The van der Waals surface area contributed by atoms with Crippen LogP contribution in [0.4, 0.5) is 0 Å². The van der Waals surface area contributed by atoms with Gasteiger partial charge in [-0.2, -0.15) is 0 Å². The number of rotatable bonds is 13. The summed E-state index contributed by atoms with van der Waals surface area (Å²) in [6.45, 7) is 7.97. The van der Waals surface area contributed by atoms with Gasteiger partial charge in [0.2, 0.25) is 9.84 Å². The van der Waals surface area contributed by atoms with Gasteiger partial charge in [-0.25, -0.2) is 13.2 Å². The van der Waals surface area contributed by atoms with E-state index in [4.69, 9.17) is 4.74 Å². The van der Waals surface area contributed by atoms with Crippen LogP contribution in [0.3, 0.4) is 0 Å². The number of hydrogen-bond acceptors (Lipinski definition) is 5. The average Bonchev–Trinajstić information content (AvgIpc) is 2.71. The van der Waals surface area contributed by atoms with E-state index in [-0.39, 0.29) is 16.4 Å². The summed E-state index contributed by atoms with van der Waals surface area (Å²) in [4.78, 5) is 14.3. The molecule has 0 fully saturated rings. The molecule has 0 amide bonds. The van der Waals surface area contributed by atoms with Crippen molar-refractivity contribution in [1.82, 2.24) is 4.90 Å². The highest BCUT2D eigenvalue weighted by Crippen LogP contribution is 2.20. The van der Waals surface area contributed by atoms with Gasteiger partial charge in [-0.05, 0) is 50.8 Å². The van der Waals surface area contributed by atoms with Gasteiger partial charge in [-0.1, -0.05) is 50.8 Å². The van der Waals surface area contributed by atoms with Gasteiger partial charge in [0.15, 0.2) is 4.91 Å². The molecular formula is C22H33NO4S. The monoisotopic (exact) mass is 407 g/mol. The summed E-state index contributed by atoms with van der Waals surface area (Å²) in [5.41, 5.74) is 0. The second-order valence-electron chi connectivity index (χ2n) is 6.46. The first-order valence-corrected chi connectivity index (χ1v) is 11.5. The van der Waals surface area contributed by atoms with Crippen molar-refractivity contribution < 1.29 is 17.9 Å². The third-order valence-corrected chi connectivity index (χ3v) is 6.16. The Morgan fingerprint density at radius 3 is 2.25 bits per heavy atom. The van der Waals surface area contributed by atoms with E-state index in [0.717, 1.165) is 45.2 Å². The maximum absolute atomic E-state index is 12.9. The molecule has 0 heterocycles. The van der Waals surface area contributed by atoms with E-state index >= 15 is 0 Å². The first kappa shape index (κ1) is 24.0. The number of ether oxygens (including phenoxy) is 1. The van der Waals surface area contributed by atoms with E-state index in [0.29, 0.717) is 0 Å². The summed E-state index contributed by atoms with van der Waals surface area (Å²) >= 11 is 0. The summed E-state index contributed by atoms with van der Waals surface area (Å²) in [6, 6.07) is 7.96. The zero-order valence-corrected chi connectivity index (χ0v) is 18.1. The highest BCUT2D eigenvalue weighted by Gasteiger charge is 2.27. The van der Waals surface area contributed by atoms with Gasteiger partial charge < -0.3 is 9.64 Å². The van der Waals surface area contributed by atoms with Crippen molar-refractivity contribution in [1.29, 1.82) is 0 Å². The molecule has 0 aromatic heterocycles. The molecule has 0 spiro atoms. The zero-order valence-electron chi connectivity index (χ0n) is 17.3. The molecule has 6 heteroatoms. The molecule has 0 saturated carbocycles. The lowest BCUT2D eigenvalue weighted by Crippen LogP contribution is -2.18. The van der Waals surface area contributed by atoms with E-state index in [1.54, 1.807) is 30.5 Å². The van der Waals surface area contributed by atoms with Gasteiger partial charge in [0, 0.05) is 13.1 Å². The van der Waals surface area contributed by atoms with Crippen LogP contribution in [0.25, 0.3) is 0 Å². The summed E-state index contributed by atoms with van der Waals surface area (Å²) in [6.07, 6.45) is 9.78. The molecule has 0 N–H and O–H groups in total. The van der Waals surface area contributed by atoms with Crippen LogP contribution in [-0.4, -0.2) is 39.0 Å². The number of esters is 1. The Morgan fingerprint density at radius 2 is 1.64 bits per heavy atom. The lowest BCUT2D eigenvalue weighted by molar-refractivity contribution is -0.138. The zero-order chi connectivity index (χ0) is 20.8. The van der Waals surface area contributed by atoms with Crippen LogP contribution in [0, 0.1) is 0 Å². The summed E-state index contributed by atoms with van der Waals surface area (Å²) in [5.74, 6) is -0.802. The molecule has 0 unspecified atom stereocenters. The standard InChI is InChI=1S/C22H33NO4S/c1-4-7-8-9-13-19-27-22(24)21(17-14-18-23(5-2)6-3)28(25,26)20-15-11-10-12-16-20/h10-12,14-18H,4-9,13,19H2,1-3H3/b18-14+,21-17+. The van der Waals surface area contributed by atoms with Gasteiger partial charge in [0.1, 0.15) is 0 Å². The van der Waals surface area contributed by atoms with E-state index in [1.165, 1.54) is 18.2 Å². The first-order valence-electron chi connectivity index (χ1n) is 10.1. The van der Waals surface area contributed by atoms with Gasteiger partial charge in [0.05, 0.1) is 11.5 Å². The molecule has 1 rings (SSSR count). The summed E-state index contributed by atoms with van der Waals surface area (Å²) in [7, 11) is -3.95. The van der Waals surface area contributed by atoms with Crippen LogP contribution < -0.4 is 0 Å². The Balaban J connectivity index is 2.96. The van der Waals surface area contributed by atoms with Crippen LogP contribution in [0.5, 0.6) is 0 Å². The molecular weight excluding hydrogens is 374 g/mol. The minimum absolute atomic E-state index is 0.0809. The maximum atomic E-state index is 12.9. The number of nitrogens with zero attached hydrogens (tertiary/aromatic N) is 1. The minimum Gasteiger partial charge on any atom is -0.462 e. The van der Waals surface area contributed by atoms with Crippen molar-refractivity contribution >= 4 is 15.8 Å². The molecule has 0 atom stereocenters. The van der Waals surface area contributed by atoms with Crippen molar-refractivity contribution in [2.45, 2.75) is 57.8 Å². The van der Waals surface area contributed by atoms with E-state index < -0.39 is 15.8 Å². The van der Waals surface area contributed by atoms with Crippen molar-refractivity contribution in [3.05, 3.63) is 53.6 Å². The predicted molar refractivity (Wildman–Crippen MR) is 113 cm³/mol. The van der Waals surface area contributed by atoms with Gasteiger partial charge >= 0.3 is 5.97 Å². The van der Waals surface area contributed by atoms with Crippen molar-refractivity contribution in [2.75, 3.05) is 19.7 Å². The quantitative estimate of drug-likeness (QED) is 0.205. The number of allylic oxidation sites excluding steroid dienone is 2. The summed E-state index contributed by atoms with van der Waals surface area (Å²) in [5, 5.41) is 0. The number of unbranched alkanes of at least 4 members (excludes halogenated alkanes) is 4. The second kappa shape index (κ2) is 13.2. The molecule has 0 aliphatic rings. The lowest BCUT2D eigenvalue weighted by Gasteiger charge is -2.14. The Bertz CT molecular complexity index is 735. The number of hydrogen-bond donors (Lipinski definition) is 0. The molecule has 5 nitrogen and oxygen atoms in total. The average molecular weight is 408 g/mol. The number of carbonyl (C=O) groups is 1. The molecule has 1 aromatic carbocycles. The predicted octanol–water partition coefficient (Wildman–Crippen LogP) is 4.71. The third kappa shape index (κ3) is 7.89. The number of benzene rings is 1. The Morgan fingerprint density at radius 1 is 1.00 bits per heavy atom. The van der Waals surface area contributed by atoms with Crippen LogP contribution in [-0.2, 0) is 19.4 Å². The van der Waals surface area contributed by atoms with Gasteiger partial charge in [-0.15, -0.1) is 0 Å². The van der Waals surface area contributed by atoms with Crippen LogP contribution in [0.15, 0.2) is 58.5 Å². The summed E-state index contributed by atoms with van der Waals surface area (Å²) < 4.78 is 31.2. The normalized spacial score (nSPS) is 12.3. The van der Waals surface area contributed by atoms with E-state index in [1.807, 2.05) is 18.7 Å². The van der Waals surface area contributed by atoms with Crippen LogP contribution in [0.2, 0.25) is 0 Å². The van der Waals surface area contributed by atoms with Crippen LogP contribution >= 0.6 is 0 Å². The largest absolute Gasteiger partial charge is 0.462 e. The molecule has 0 saturated heterocycles. The highest BCUT2D eigenvalue weighted by molar-refractivity contribution is 7.96. The smallest absolute Gasteiger partial charge is 0.350 e. The number of sulfone groups is 1. The van der Waals surface area contributed by atoms with E-state index in [2.05, 4.69) is 6.92 Å². The van der Waals surface area contributed by atoms with Crippen molar-refractivity contribution in [3.8, 4) is 0 Å². The molecule has 1 aromatic rings. The lowest BCUT2D eigenvalue weighted by atomic mass is 10.2. The molecule has 28 heavy (non-hydrogen) atoms. The Kier molecular flexibility index (Phi) is 11.3. The Labute approximate surface area is 170 Å².